The predicted molar refractivity (Wildman–Crippen MR) is 194 cm³/mol. The summed E-state index contributed by atoms with van der Waals surface area (Å²) in [5.41, 5.74) is 4.01. The smallest absolute Gasteiger partial charge is 0.323 e. The van der Waals surface area contributed by atoms with Crippen LogP contribution in [0.2, 0.25) is 0 Å². The van der Waals surface area contributed by atoms with E-state index in [-0.39, 0.29) is 11.9 Å². The zero-order valence-electron chi connectivity index (χ0n) is 26.2. The van der Waals surface area contributed by atoms with Crippen LogP contribution in [0.3, 0.4) is 0 Å². The number of carbonyl (C=O) groups excluding carboxylic acids is 2. The van der Waals surface area contributed by atoms with Gasteiger partial charge in [0.2, 0.25) is 0 Å². The van der Waals surface area contributed by atoms with Gasteiger partial charge in [0.1, 0.15) is 17.8 Å². The molecule has 13 heteroatoms. The highest BCUT2D eigenvalue weighted by atomic mass is 35.5. The zero-order chi connectivity index (χ0) is 33.5. The van der Waals surface area contributed by atoms with Crippen molar-refractivity contribution in [2.45, 2.75) is 25.8 Å². The highest BCUT2D eigenvalue weighted by molar-refractivity contribution is 8.59. The molecule has 1 aromatic heterocycles. The number of methoxy groups -OCH3 is 2. The van der Waals surface area contributed by atoms with Crippen LogP contribution in [0, 0.1) is 6.92 Å². The van der Waals surface area contributed by atoms with Gasteiger partial charge in [0.25, 0.3) is 0 Å². The maximum absolute atomic E-state index is 12.8. The van der Waals surface area contributed by atoms with Gasteiger partial charge in [-0.15, -0.1) is 34.9 Å². The van der Waals surface area contributed by atoms with Crippen molar-refractivity contribution in [1.82, 2.24) is 9.88 Å². The first-order valence-corrected chi connectivity index (χ1v) is 16.6. The maximum atomic E-state index is 12.8. The molecular weight excluding hydrogens is 646 g/mol. The lowest BCUT2D eigenvalue weighted by molar-refractivity contribution is -0.105. The van der Waals surface area contributed by atoms with Crippen LogP contribution in [0.15, 0.2) is 66.9 Å². The number of pyridine rings is 1. The Morgan fingerprint density at radius 1 is 0.913 bits per heavy atom. The molecular formula is C33H40ClN5O5S2. The summed E-state index contributed by atoms with van der Waals surface area (Å²) in [7, 11) is 5.34. The Labute approximate surface area is 285 Å². The average molecular weight is 686 g/mol. The van der Waals surface area contributed by atoms with E-state index in [2.05, 4.69) is 56.2 Å². The van der Waals surface area contributed by atoms with E-state index in [1.54, 1.807) is 32.5 Å². The fourth-order valence-electron chi connectivity index (χ4n) is 4.77. The van der Waals surface area contributed by atoms with E-state index in [1.807, 2.05) is 55.5 Å². The number of piperidine rings is 1. The molecule has 5 rings (SSSR count). The molecule has 1 aliphatic rings. The molecule has 46 heavy (non-hydrogen) atoms. The first-order valence-electron chi connectivity index (χ1n) is 14.5. The van der Waals surface area contributed by atoms with E-state index in [1.165, 1.54) is 0 Å². The summed E-state index contributed by atoms with van der Waals surface area (Å²) in [5.74, 6) is 2.52. The van der Waals surface area contributed by atoms with Crippen molar-refractivity contribution < 1.29 is 23.8 Å². The molecule has 1 saturated heterocycles. The van der Waals surface area contributed by atoms with E-state index in [4.69, 9.17) is 30.6 Å². The number of carbonyl (C=O) groups is 2. The molecule has 2 amide bonds. The molecule has 1 aliphatic heterocycles. The number of nitrogens with one attached hydrogen (secondary N) is 3. The molecule has 4 aromatic rings. The number of fused-ring (bicyclic) bond motifs is 1. The minimum atomic E-state index is -0.336. The van der Waals surface area contributed by atoms with Crippen LogP contribution in [0.1, 0.15) is 18.4 Å². The van der Waals surface area contributed by atoms with Gasteiger partial charge in [-0.2, -0.15) is 0 Å². The Bertz CT molecular complexity index is 1570. The van der Waals surface area contributed by atoms with Crippen LogP contribution in [0.5, 0.6) is 23.0 Å². The first-order chi connectivity index (χ1) is 22.3. The van der Waals surface area contributed by atoms with Crippen molar-refractivity contribution in [2.75, 3.05) is 56.2 Å². The first kappa shape index (κ1) is 36.6. The summed E-state index contributed by atoms with van der Waals surface area (Å²) in [6, 6.07) is 18.9. The molecule has 0 radical (unpaired) electrons. The summed E-state index contributed by atoms with van der Waals surface area (Å²) in [4.78, 5) is 28.6. The number of aryl methyl sites for hydroxylation is 1. The monoisotopic (exact) mass is 685 g/mol. The number of thiol groups is 2. The number of benzene rings is 3. The summed E-state index contributed by atoms with van der Waals surface area (Å²) in [6.45, 7) is 4.16. The number of anilines is 3. The van der Waals surface area contributed by atoms with Crippen LogP contribution in [-0.2, 0) is 4.79 Å². The number of urea groups is 1. The number of alkyl halides is 1. The van der Waals surface area contributed by atoms with Crippen molar-refractivity contribution in [3.8, 4) is 23.0 Å². The van der Waals surface area contributed by atoms with E-state index in [9.17, 15) is 4.79 Å². The van der Waals surface area contributed by atoms with Gasteiger partial charge < -0.3 is 39.9 Å². The van der Waals surface area contributed by atoms with Crippen LogP contribution in [0.4, 0.5) is 21.9 Å². The average Bonchev–Trinajstić information content (AvgIpc) is 3.08. The molecule has 246 valence electrons. The summed E-state index contributed by atoms with van der Waals surface area (Å²) in [6.07, 6.45) is 4.58. The number of likely N-dealkylation sites (tertiary alicyclic amines) is 1. The van der Waals surface area contributed by atoms with Crippen molar-refractivity contribution >= 4 is 75.2 Å². The molecule has 1 fully saturated rings. The van der Waals surface area contributed by atoms with Gasteiger partial charge >= 0.3 is 6.03 Å². The lowest BCUT2D eigenvalue weighted by atomic mass is 10.1. The highest BCUT2D eigenvalue weighted by Gasteiger charge is 2.16. The Hall–Kier alpha value is -3.84. The van der Waals surface area contributed by atoms with Crippen molar-refractivity contribution in [3.05, 3.63) is 72.4 Å². The third kappa shape index (κ3) is 10.6. The number of rotatable bonds is 9. The highest BCUT2D eigenvalue weighted by Crippen LogP contribution is 2.38. The Balaban J connectivity index is 0.000000891. The summed E-state index contributed by atoms with van der Waals surface area (Å²) in [5, 5.41) is 10.2. The van der Waals surface area contributed by atoms with Gasteiger partial charge in [-0.3, -0.25) is 4.98 Å². The van der Waals surface area contributed by atoms with E-state index in [0.717, 1.165) is 42.6 Å². The van der Waals surface area contributed by atoms with Crippen LogP contribution < -0.4 is 30.2 Å². The number of hydrogen-bond acceptors (Lipinski definition) is 10. The molecule has 0 bridgehead atoms. The molecule has 0 aliphatic carbocycles. The van der Waals surface area contributed by atoms with Gasteiger partial charge in [-0.05, 0) is 87.9 Å². The minimum Gasteiger partial charge on any atom is -0.493 e. The number of nitrogens with zero attached hydrogens (tertiary/aromatic N) is 2. The topological polar surface area (TPSA) is 114 Å². The Morgan fingerprint density at radius 2 is 1.50 bits per heavy atom. The molecule has 3 aromatic carbocycles. The summed E-state index contributed by atoms with van der Waals surface area (Å²) < 4.78 is 17.2. The van der Waals surface area contributed by atoms with Crippen molar-refractivity contribution in [3.63, 3.8) is 0 Å². The lowest BCUT2D eigenvalue weighted by Gasteiger charge is -2.30. The standard InChI is InChI=1S/C31H35N5O4.C2H3ClO.H2S2/c1-20-5-6-24(17-28(20)40-27-11-14-32-26-19-30(39-4)29(38-3)18-25(26)27)35-31(37)34-22-9-7-21(8-10-22)33-23-12-15-36(2)16-13-23;3-1-2-4;1-2/h5-11,14,17-19,23,33H,12-13,15-16H2,1-4H3,(H2,34,35,37);2H,1H2;1-2H. The van der Waals surface area contributed by atoms with Gasteiger partial charge in [0.05, 0.1) is 25.6 Å². The van der Waals surface area contributed by atoms with Gasteiger partial charge in [-0.25, -0.2) is 4.79 Å². The van der Waals surface area contributed by atoms with Gasteiger partial charge in [0.15, 0.2) is 11.5 Å². The third-order valence-electron chi connectivity index (χ3n) is 7.17. The molecule has 0 unspecified atom stereocenters. The Kier molecular flexibility index (Phi) is 15.1. The quantitative estimate of drug-likeness (QED) is 0.0528. The Morgan fingerprint density at radius 3 is 2.13 bits per heavy atom. The zero-order valence-corrected chi connectivity index (χ0v) is 28.8. The number of ether oxygens (including phenoxy) is 3. The number of hydrogen-bond donors (Lipinski definition) is 5. The second-order valence-corrected chi connectivity index (χ2v) is 10.6. The van der Waals surface area contributed by atoms with Crippen molar-refractivity contribution in [2.24, 2.45) is 0 Å². The van der Waals surface area contributed by atoms with E-state index >= 15 is 0 Å². The van der Waals surface area contributed by atoms with Crippen molar-refractivity contribution in [1.29, 1.82) is 0 Å². The second-order valence-electron chi connectivity index (χ2n) is 10.3. The van der Waals surface area contributed by atoms with Crippen LogP contribution in [-0.4, -0.2) is 68.5 Å². The normalized spacial score (nSPS) is 12.8. The number of aldehydes is 1. The largest absolute Gasteiger partial charge is 0.493 e. The maximum Gasteiger partial charge on any atom is 0.323 e. The molecule has 2 heterocycles. The third-order valence-corrected chi connectivity index (χ3v) is 7.29. The number of amides is 2. The molecule has 10 nitrogen and oxygen atoms in total. The molecule has 0 saturated carbocycles. The summed E-state index contributed by atoms with van der Waals surface area (Å²) >= 11 is 11.3. The molecule has 0 spiro atoms. The number of aromatic nitrogens is 1. The van der Waals surface area contributed by atoms with Crippen LogP contribution in [0.25, 0.3) is 10.9 Å². The van der Waals surface area contributed by atoms with Crippen LogP contribution >= 0.6 is 34.9 Å². The number of halogens is 1. The SMILES string of the molecule is COc1cc2nccc(Oc3cc(NC(=O)Nc4ccc(NC5CCN(C)CC5)cc4)ccc3C)c2cc1OC.O=CCCl.SS. The lowest BCUT2D eigenvalue weighted by Crippen LogP contribution is -2.36. The molecule has 3 N–H and O–H groups in total. The van der Waals surface area contributed by atoms with E-state index < -0.39 is 0 Å². The fraction of sp³-hybridized carbons (Fsp3) is 0.303. The van der Waals surface area contributed by atoms with E-state index in [0.29, 0.717) is 52.2 Å². The molecule has 0 atom stereocenters. The van der Waals surface area contributed by atoms with Gasteiger partial charge in [-0.1, -0.05) is 6.07 Å². The second kappa shape index (κ2) is 19.0. The van der Waals surface area contributed by atoms with Gasteiger partial charge in [0, 0.05) is 46.8 Å². The minimum absolute atomic E-state index is 0.111. The predicted octanol–water partition coefficient (Wildman–Crippen LogP) is 7.69. The fourth-order valence-corrected chi connectivity index (χ4v) is 4.77.